The Hall–Kier alpha value is -2.85. The zero-order chi connectivity index (χ0) is 21.9. The number of hydrogen-bond acceptors (Lipinski definition) is 6. The lowest BCUT2D eigenvalue weighted by molar-refractivity contribution is -0.385. The smallest absolute Gasteiger partial charge is 0.270 e. The van der Waals surface area contributed by atoms with Gasteiger partial charge in [-0.2, -0.15) is 9.41 Å². The van der Waals surface area contributed by atoms with Gasteiger partial charge in [0.1, 0.15) is 10.7 Å². The fourth-order valence-electron chi connectivity index (χ4n) is 3.67. The molecule has 1 N–H and O–H groups in total. The highest BCUT2D eigenvalue weighted by molar-refractivity contribution is 7.89. The van der Waals surface area contributed by atoms with Crippen LogP contribution in [0, 0.1) is 15.9 Å². The van der Waals surface area contributed by atoms with Crippen molar-refractivity contribution >= 4 is 27.6 Å². The van der Waals surface area contributed by atoms with Gasteiger partial charge in [-0.05, 0) is 38.8 Å². The number of hydrogen-bond donors (Lipinski definition) is 1. The molecule has 0 radical (unpaired) electrons. The van der Waals surface area contributed by atoms with E-state index in [1.54, 1.807) is 12.1 Å². The van der Waals surface area contributed by atoms with Gasteiger partial charge in [0.25, 0.3) is 5.69 Å². The summed E-state index contributed by atoms with van der Waals surface area (Å²) < 4.78 is 42.0. The van der Waals surface area contributed by atoms with E-state index in [2.05, 4.69) is 10.5 Å². The van der Waals surface area contributed by atoms with E-state index >= 15 is 0 Å². The third-order valence-corrected chi connectivity index (χ3v) is 7.31. The van der Waals surface area contributed by atoms with E-state index in [-0.39, 0.29) is 33.9 Å². The van der Waals surface area contributed by atoms with E-state index < -0.39 is 20.8 Å². The molecule has 0 aliphatic carbocycles. The van der Waals surface area contributed by atoms with Crippen molar-refractivity contribution in [3.8, 4) is 0 Å². The molecular formula is C20H23FN4O4S. The number of anilines is 1. The first-order valence-corrected chi connectivity index (χ1v) is 11.0. The molecule has 30 heavy (non-hydrogen) atoms. The van der Waals surface area contributed by atoms with E-state index in [0.29, 0.717) is 12.8 Å². The van der Waals surface area contributed by atoms with Crippen LogP contribution in [-0.2, 0) is 10.0 Å². The van der Waals surface area contributed by atoms with Gasteiger partial charge in [-0.1, -0.05) is 24.6 Å². The number of nitrogens with zero attached hydrogens (tertiary/aromatic N) is 3. The van der Waals surface area contributed by atoms with Gasteiger partial charge in [0, 0.05) is 29.8 Å². The maximum Gasteiger partial charge on any atom is 0.270 e. The Morgan fingerprint density at radius 3 is 2.50 bits per heavy atom. The summed E-state index contributed by atoms with van der Waals surface area (Å²) in [5.74, 6) is -0.476. The van der Waals surface area contributed by atoms with E-state index in [4.69, 9.17) is 0 Å². The largest absolute Gasteiger partial charge is 0.277 e. The Labute approximate surface area is 174 Å². The average molecular weight is 434 g/mol. The van der Waals surface area contributed by atoms with Gasteiger partial charge < -0.3 is 0 Å². The molecule has 0 bridgehead atoms. The van der Waals surface area contributed by atoms with Crippen LogP contribution in [0.2, 0.25) is 0 Å². The maximum atomic E-state index is 13.8. The molecule has 0 spiro atoms. The molecule has 0 saturated carbocycles. The lowest BCUT2D eigenvalue weighted by Gasteiger charge is -2.37. The number of non-ortho nitro benzene ring substituents is 1. The number of nitrogens with one attached hydrogen (secondary N) is 1. The molecule has 2 aromatic carbocycles. The monoisotopic (exact) mass is 434 g/mol. The Morgan fingerprint density at radius 2 is 1.87 bits per heavy atom. The van der Waals surface area contributed by atoms with Crippen molar-refractivity contribution in [3.05, 3.63) is 64.0 Å². The summed E-state index contributed by atoms with van der Waals surface area (Å²) >= 11 is 0. The van der Waals surface area contributed by atoms with Gasteiger partial charge >= 0.3 is 0 Å². The summed E-state index contributed by atoms with van der Waals surface area (Å²) in [6, 6.07) is 9.05. The summed E-state index contributed by atoms with van der Waals surface area (Å²) in [5.41, 5.74) is 2.56. The quantitative estimate of drug-likeness (QED) is 0.418. The number of nitro benzene ring substituents is 1. The fourth-order valence-corrected chi connectivity index (χ4v) is 5.71. The summed E-state index contributed by atoms with van der Waals surface area (Å²) in [4.78, 5) is 10.4. The molecule has 1 fully saturated rings. The van der Waals surface area contributed by atoms with Crippen molar-refractivity contribution in [2.24, 2.45) is 5.10 Å². The minimum Gasteiger partial charge on any atom is -0.277 e. The van der Waals surface area contributed by atoms with Crippen molar-refractivity contribution in [1.82, 2.24) is 4.31 Å². The van der Waals surface area contributed by atoms with E-state index in [1.807, 2.05) is 13.8 Å². The Bertz CT molecular complexity index is 1060. The third-order valence-electron chi connectivity index (χ3n) is 5.14. The molecule has 1 aliphatic heterocycles. The highest BCUT2D eigenvalue weighted by Gasteiger charge is 2.37. The minimum absolute atomic E-state index is 0.0816. The van der Waals surface area contributed by atoms with Crippen LogP contribution in [0.3, 0.4) is 0 Å². The maximum absolute atomic E-state index is 13.8. The Balaban J connectivity index is 2.00. The van der Waals surface area contributed by atoms with Crippen LogP contribution in [0.15, 0.2) is 52.5 Å². The molecule has 8 nitrogen and oxygen atoms in total. The predicted octanol–water partition coefficient (Wildman–Crippen LogP) is 4.13. The van der Waals surface area contributed by atoms with E-state index in [9.17, 15) is 22.9 Å². The lowest BCUT2D eigenvalue weighted by atomic mass is 10.0. The van der Waals surface area contributed by atoms with Gasteiger partial charge in [0.15, 0.2) is 0 Å². The molecule has 0 amide bonds. The molecule has 2 atom stereocenters. The van der Waals surface area contributed by atoms with Crippen LogP contribution < -0.4 is 5.43 Å². The van der Waals surface area contributed by atoms with Crippen LogP contribution in [-0.4, -0.2) is 35.9 Å². The number of halogens is 1. The Kier molecular flexibility index (Phi) is 6.47. The zero-order valence-electron chi connectivity index (χ0n) is 16.7. The van der Waals surface area contributed by atoms with Crippen LogP contribution in [0.5, 0.6) is 0 Å². The van der Waals surface area contributed by atoms with E-state index in [0.717, 1.165) is 12.5 Å². The van der Waals surface area contributed by atoms with Crippen LogP contribution in [0.25, 0.3) is 0 Å². The molecule has 160 valence electrons. The number of nitro groups is 1. The molecule has 1 heterocycles. The topological polar surface area (TPSA) is 105 Å². The number of rotatable bonds is 6. The minimum atomic E-state index is -4.03. The summed E-state index contributed by atoms with van der Waals surface area (Å²) in [6.07, 6.45) is 3.57. The second-order valence-electron chi connectivity index (χ2n) is 7.29. The molecule has 1 aliphatic rings. The fraction of sp³-hybridized carbons (Fsp3) is 0.350. The van der Waals surface area contributed by atoms with Crippen molar-refractivity contribution in [2.45, 2.75) is 50.1 Å². The predicted molar refractivity (Wildman–Crippen MR) is 113 cm³/mol. The molecule has 1 saturated heterocycles. The molecule has 3 rings (SSSR count). The molecule has 10 heteroatoms. The second kappa shape index (κ2) is 8.88. The van der Waals surface area contributed by atoms with Crippen LogP contribution in [0.4, 0.5) is 15.8 Å². The SMILES string of the molecule is C[C@@H]1CCC[C@@H](C)N1S(=O)(=O)c1cc([N+](=O)[O-])ccc1N/N=C\c1ccccc1F. The van der Waals surface area contributed by atoms with Gasteiger partial charge in [-0.25, -0.2) is 12.8 Å². The number of sulfonamides is 1. The first kappa shape index (κ1) is 21.8. The van der Waals surface area contributed by atoms with Gasteiger partial charge in [-0.15, -0.1) is 0 Å². The molecule has 2 aromatic rings. The zero-order valence-corrected chi connectivity index (χ0v) is 17.5. The number of hydrazone groups is 1. The van der Waals surface area contributed by atoms with Crippen molar-refractivity contribution in [2.75, 3.05) is 5.43 Å². The van der Waals surface area contributed by atoms with Gasteiger partial charge in [0.2, 0.25) is 10.0 Å². The highest BCUT2D eigenvalue weighted by Crippen LogP contribution is 2.34. The molecule has 0 unspecified atom stereocenters. The normalized spacial score (nSPS) is 20.4. The van der Waals surface area contributed by atoms with Crippen molar-refractivity contribution in [3.63, 3.8) is 0 Å². The molecular weight excluding hydrogens is 411 g/mol. The standard InChI is InChI=1S/C20H23FN4O4S/c1-14-6-5-7-15(2)24(14)30(28,29)20-12-17(25(26)27)10-11-19(20)23-22-13-16-8-3-4-9-18(16)21/h3-4,8-15,23H,5-7H2,1-2H3/b22-13-/t14-,15-/m1/s1. The lowest BCUT2D eigenvalue weighted by Crippen LogP contribution is -2.47. The van der Waals surface area contributed by atoms with Crippen molar-refractivity contribution in [1.29, 1.82) is 0 Å². The van der Waals surface area contributed by atoms with Gasteiger partial charge in [-0.3, -0.25) is 15.5 Å². The van der Waals surface area contributed by atoms with E-state index in [1.165, 1.54) is 34.8 Å². The first-order valence-electron chi connectivity index (χ1n) is 9.57. The third kappa shape index (κ3) is 4.49. The van der Waals surface area contributed by atoms with Crippen molar-refractivity contribution < 1.29 is 17.7 Å². The second-order valence-corrected chi connectivity index (χ2v) is 9.10. The summed E-state index contributed by atoms with van der Waals surface area (Å²) in [6.45, 7) is 3.65. The molecule has 0 aromatic heterocycles. The van der Waals surface area contributed by atoms with Crippen LogP contribution >= 0.6 is 0 Å². The number of piperidine rings is 1. The first-order chi connectivity index (χ1) is 14.2. The Morgan fingerprint density at radius 1 is 1.20 bits per heavy atom. The van der Waals surface area contributed by atoms with Gasteiger partial charge in [0.05, 0.1) is 16.8 Å². The summed E-state index contributed by atoms with van der Waals surface area (Å²) in [7, 11) is -4.03. The highest BCUT2D eigenvalue weighted by atomic mass is 32.2. The summed E-state index contributed by atoms with van der Waals surface area (Å²) in [5, 5.41) is 15.2. The average Bonchev–Trinajstić information content (AvgIpc) is 2.69. The number of benzene rings is 2. The van der Waals surface area contributed by atoms with Crippen LogP contribution in [0.1, 0.15) is 38.7 Å².